The largest absolute Gasteiger partial charge is 0.465 e. The van der Waals surface area contributed by atoms with Crippen molar-refractivity contribution in [2.24, 2.45) is 0 Å². The lowest BCUT2D eigenvalue weighted by atomic mass is 10.2. The van der Waals surface area contributed by atoms with Crippen molar-refractivity contribution in [3.63, 3.8) is 0 Å². The van der Waals surface area contributed by atoms with E-state index in [1.807, 2.05) is 24.3 Å². The van der Waals surface area contributed by atoms with Gasteiger partial charge in [-0.25, -0.2) is 14.8 Å². The Labute approximate surface area is 126 Å². The van der Waals surface area contributed by atoms with Gasteiger partial charge in [0.15, 0.2) is 5.82 Å². The summed E-state index contributed by atoms with van der Waals surface area (Å²) in [6, 6.07) is 7.80. The topological polar surface area (TPSA) is 97.3 Å². The molecule has 0 unspecified atom stereocenters. The van der Waals surface area contributed by atoms with Gasteiger partial charge in [0.2, 0.25) is 0 Å². The zero-order chi connectivity index (χ0) is 15.3. The van der Waals surface area contributed by atoms with E-state index in [1.165, 1.54) is 4.90 Å². The van der Waals surface area contributed by atoms with E-state index in [9.17, 15) is 9.90 Å². The summed E-state index contributed by atoms with van der Waals surface area (Å²) in [5.74, 6) is 1.11. The number of amides is 1. The van der Waals surface area contributed by atoms with Crippen molar-refractivity contribution in [2.45, 2.75) is 19.5 Å². The van der Waals surface area contributed by atoms with Crippen molar-refractivity contribution >= 4 is 33.8 Å². The van der Waals surface area contributed by atoms with E-state index in [0.29, 0.717) is 17.9 Å². The van der Waals surface area contributed by atoms with Crippen LogP contribution in [0.2, 0.25) is 0 Å². The number of carbonyl (C=O) groups is 1. The van der Waals surface area contributed by atoms with E-state index >= 15 is 0 Å². The Kier molecular flexibility index (Phi) is 2.69. The van der Waals surface area contributed by atoms with Crippen LogP contribution >= 0.6 is 0 Å². The van der Waals surface area contributed by atoms with Gasteiger partial charge in [0.1, 0.15) is 11.3 Å². The minimum Gasteiger partial charge on any atom is -0.465 e. The number of pyridine rings is 1. The first kappa shape index (κ1) is 12.9. The van der Waals surface area contributed by atoms with Crippen LogP contribution in [0.5, 0.6) is 0 Å². The minimum absolute atomic E-state index is 0.276. The number of carboxylic acid groups (broad SMARTS) is 1. The zero-order valence-electron chi connectivity index (χ0n) is 11.9. The van der Waals surface area contributed by atoms with Crippen LogP contribution < -0.4 is 5.73 Å². The standard InChI is InChI=1S/C15H15N5O2/c16-14-12-13(9-4-1-2-5-10(9)17-14)20-7-3-6-19(15(21)22)8-11(20)18-12/h1-2,4-5H,3,6-8H2,(H2,16,17)(H,21,22). The predicted octanol–water partition coefficient (Wildman–Crippen LogP) is 2.05. The number of hydrogen-bond acceptors (Lipinski definition) is 4. The Balaban J connectivity index is 2.02. The number of para-hydroxylation sites is 1. The van der Waals surface area contributed by atoms with Gasteiger partial charge in [0.05, 0.1) is 17.6 Å². The molecule has 0 saturated carbocycles. The van der Waals surface area contributed by atoms with E-state index in [1.54, 1.807) is 0 Å². The first-order valence-electron chi connectivity index (χ1n) is 7.16. The molecule has 22 heavy (non-hydrogen) atoms. The third-order valence-electron chi connectivity index (χ3n) is 4.10. The first-order valence-corrected chi connectivity index (χ1v) is 7.16. The fourth-order valence-corrected chi connectivity index (χ4v) is 3.10. The van der Waals surface area contributed by atoms with Gasteiger partial charge in [-0.15, -0.1) is 0 Å². The lowest BCUT2D eigenvalue weighted by Gasteiger charge is -2.14. The van der Waals surface area contributed by atoms with Gasteiger partial charge in [-0.05, 0) is 12.5 Å². The first-order chi connectivity index (χ1) is 10.6. The number of hydrogen-bond donors (Lipinski definition) is 2. The average molecular weight is 297 g/mol. The number of fused-ring (bicyclic) bond motifs is 5. The molecule has 1 aliphatic rings. The average Bonchev–Trinajstić information content (AvgIpc) is 2.73. The quantitative estimate of drug-likeness (QED) is 0.662. The van der Waals surface area contributed by atoms with Crippen molar-refractivity contribution in [1.82, 2.24) is 19.4 Å². The van der Waals surface area contributed by atoms with E-state index in [2.05, 4.69) is 14.5 Å². The summed E-state index contributed by atoms with van der Waals surface area (Å²) in [7, 11) is 0. The molecule has 1 aromatic carbocycles. The number of aromatic nitrogens is 3. The number of anilines is 1. The number of benzene rings is 1. The zero-order valence-corrected chi connectivity index (χ0v) is 11.9. The number of imidazole rings is 1. The predicted molar refractivity (Wildman–Crippen MR) is 82.5 cm³/mol. The van der Waals surface area contributed by atoms with Crippen LogP contribution in [0, 0.1) is 0 Å². The second-order valence-corrected chi connectivity index (χ2v) is 5.45. The highest BCUT2D eigenvalue weighted by Gasteiger charge is 2.23. The van der Waals surface area contributed by atoms with Crippen LogP contribution in [0.3, 0.4) is 0 Å². The molecule has 0 aliphatic carbocycles. The molecule has 1 aliphatic heterocycles. The molecule has 7 heteroatoms. The van der Waals surface area contributed by atoms with E-state index in [-0.39, 0.29) is 6.54 Å². The third-order valence-corrected chi connectivity index (χ3v) is 4.10. The van der Waals surface area contributed by atoms with Gasteiger partial charge in [-0.1, -0.05) is 18.2 Å². The number of aryl methyl sites for hydroxylation is 1. The molecule has 112 valence electrons. The molecule has 2 aromatic heterocycles. The van der Waals surface area contributed by atoms with Gasteiger partial charge in [0.25, 0.3) is 0 Å². The summed E-state index contributed by atoms with van der Waals surface area (Å²) >= 11 is 0. The maximum Gasteiger partial charge on any atom is 0.407 e. The SMILES string of the molecule is Nc1nc2ccccc2c2c1nc1n2CCCN(C(=O)O)C1. The summed E-state index contributed by atoms with van der Waals surface area (Å²) in [5, 5.41) is 10.2. The van der Waals surface area contributed by atoms with Gasteiger partial charge in [0, 0.05) is 18.5 Å². The normalized spacial score (nSPS) is 15.0. The Bertz CT molecular complexity index is 902. The molecule has 3 aromatic rings. The molecule has 0 spiro atoms. The number of nitrogens with two attached hydrogens (primary N) is 1. The van der Waals surface area contributed by atoms with Crippen molar-refractivity contribution in [2.75, 3.05) is 12.3 Å². The molecule has 7 nitrogen and oxygen atoms in total. The van der Waals surface area contributed by atoms with Gasteiger partial charge >= 0.3 is 6.09 Å². The molecule has 1 amide bonds. The van der Waals surface area contributed by atoms with E-state index in [4.69, 9.17) is 5.73 Å². The summed E-state index contributed by atoms with van der Waals surface area (Å²) < 4.78 is 2.08. The van der Waals surface area contributed by atoms with E-state index < -0.39 is 6.09 Å². The van der Waals surface area contributed by atoms with Crippen LogP contribution in [0.25, 0.3) is 21.9 Å². The molecule has 0 saturated heterocycles. The summed E-state index contributed by atoms with van der Waals surface area (Å²) in [5.41, 5.74) is 8.48. The second-order valence-electron chi connectivity index (χ2n) is 5.45. The lowest BCUT2D eigenvalue weighted by molar-refractivity contribution is 0.142. The number of nitrogen functional groups attached to an aromatic ring is 1. The molecule has 0 fully saturated rings. The fraction of sp³-hybridized carbons (Fsp3) is 0.267. The highest BCUT2D eigenvalue weighted by molar-refractivity contribution is 6.06. The Morgan fingerprint density at radius 2 is 2.05 bits per heavy atom. The second kappa shape index (κ2) is 4.59. The van der Waals surface area contributed by atoms with Crippen LogP contribution in [-0.4, -0.2) is 37.2 Å². The number of rotatable bonds is 0. The molecule has 3 N–H and O–H groups in total. The summed E-state index contributed by atoms with van der Waals surface area (Å²) in [6.45, 7) is 1.51. The van der Waals surface area contributed by atoms with Crippen molar-refractivity contribution in [3.8, 4) is 0 Å². The van der Waals surface area contributed by atoms with Gasteiger partial charge in [-0.3, -0.25) is 0 Å². The summed E-state index contributed by atoms with van der Waals surface area (Å²) in [6.07, 6.45) is -0.169. The Morgan fingerprint density at radius 1 is 1.23 bits per heavy atom. The van der Waals surface area contributed by atoms with Crippen molar-refractivity contribution in [1.29, 1.82) is 0 Å². The Hall–Kier alpha value is -2.83. The third kappa shape index (κ3) is 1.78. The van der Waals surface area contributed by atoms with Crippen LogP contribution in [0.1, 0.15) is 12.2 Å². The smallest absolute Gasteiger partial charge is 0.407 e. The van der Waals surface area contributed by atoms with Gasteiger partial charge < -0.3 is 20.3 Å². The van der Waals surface area contributed by atoms with Crippen molar-refractivity contribution in [3.05, 3.63) is 30.1 Å². The van der Waals surface area contributed by atoms with Gasteiger partial charge in [-0.2, -0.15) is 0 Å². The Morgan fingerprint density at radius 3 is 2.86 bits per heavy atom. The maximum atomic E-state index is 11.3. The van der Waals surface area contributed by atoms with Crippen LogP contribution in [0.4, 0.5) is 10.6 Å². The summed E-state index contributed by atoms with van der Waals surface area (Å²) in [4.78, 5) is 21.6. The van der Waals surface area contributed by atoms with E-state index in [0.717, 1.165) is 35.2 Å². The molecule has 0 radical (unpaired) electrons. The minimum atomic E-state index is -0.920. The highest BCUT2D eigenvalue weighted by atomic mass is 16.4. The molecule has 4 rings (SSSR count). The number of nitrogens with zero attached hydrogens (tertiary/aromatic N) is 4. The molecule has 0 atom stereocenters. The van der Waals surface area contributed by atoms with Crippen LogP contribution in [0.15, 0.2) is 24.3 Å². The molecule has 3 heterocycles. The highest BCUT2D eigenvalue weighted by Crippen LogP contribution is 2.30. The monoisotopic (exact) mass is 297 g/mol. The fourth-order valence-electron chi connectivity index (χ4n) is 3.10. The molecule has 0 bridgehead atoms. The maximum absolute atomic E-state index is 11.3. The van der Waals surface area contributed by atoms with Crippen molar-refractivity contribution < 1.29 is 9.90 Å². The molecular formula is C15H15N5O2. The lowest BCUT2D eigenvalue weighted by Crippen LogP contribution is -2.29. The van der Waals surface area contributed by atoms with Crippen LogP contribution in [-0.2, 0) is 13.1 Å². The molecular weight excluding hydrogens is 282 g/mol.